The minimum absolute atomic E-state index is 0.244. The molecule has 0 saturated carbocycles. The van der Waals surface area contributed by atoms with E-state index in [1.807, 2.05) is 41.5 Å². The normalized spacial score (nSPS) is 10.2. The van der Waals surface area contributed by atoms with Crippen molar-refractivity contribution in [3.05, 3.63) is 34.6 Å². The summed E-state index contributed by atoms with van der Waals surface area (Å²) in [5.41, 5.74) is 0.673. The summed E-state index contributed by atoms with van der Waals surface area (Å²) in [7, 11) is 7.84. The third-order valence-corrected chi connectivity index (χ3v) is 2.77. The van der Waals surface area contributed by atoms with Crippen LogP contribution in [0.4, 0.5) is 0 Å². The van der Waals surface area contributed by atoms with Crippen molar-refractivity contribution < 1.29 is 28.4 Å². The van der Waals surface area contributed by atoms with Gasteiger partial charge in [0.05, 0.1) is 21.3 Å². The highest BCUT2D eigenvalue weighted by atomic mass is 28.1. The molecule has 0 aromatic carbocycles. The molecule has 0 unspecified atom stereocenters. The lowest BCUT2D eigenvalue weighted by atomic mass is 10.4. The van der Waals surface area contributed by atoms with Crippen molar-refractivity contribution in [1.29, 1.82) is 0 Å². The zero-order chi connectivity index (χ0) is 18.2. The molecule has 3 radical (unpaired) electrons. The highest BCUT2D eigenvalue weighted by Gasteiger charge is 2.36. The minimum atomic E-state index is -1.73. The molecule has 0 N–H and O–H groups in total. The van der Waals surface area contributed by atoms with E-state index in [4.69, 9.17) is 28.4 Å². The van der Waals surface area contributed by atoms with E-state index >= 15 is 0 Å². The van der Waals surface area contributed by atoms with Gasteiger partial charge in [-0.25, -0.2) is 0 Å². The van der Waals surface area contributed by atoms with Crippen LogP contribution in [0, 0.1) is 0 Å². The topological polar surface area (TPSA) is 55.4 Å². The van der Waals surface area contributed by atoms with E-state index in [9.17, 15) is 0 Å². The van der Waals surface area contributed by atoms with Gasteiger partial charge < -0.3 is 28.4 Å². The zero-order valence-corrected chi connectivity index (χ0v) is 16.4. The highest BCUT2D eigenvalue weighted by molar-refractivity contribution is 6.12. The Morgan fingerprint density at radius 1 is 0.565 bits per heavy atom. The first-order valence-corrected chi connectivity index (χ1v) is 7.56. The Morgan fingerprint density at radius 3 is 0.913 bits per heavy atom. The second-order valence-electron chi connectivity index (χ2n) is 5.34. The molecule has 7 heteroatoms. The Labute approximate surface area is 142 Å². The number of allylic oxidation sites excluding steroid dienone is 3. The number of hydrogen-bond acceptors (Lipinski definition) is 6. The van der Waals surface area contributed by atoms with E-state index in [0.29, 0.717) is 0 Å². The Bertz CT molecular complexity index is 411. The molecule has 0 aliphatic rings. The van der Waals surface area contributed by atoms with Gasteiger partial charge >= 0.3 is 5.60 Å². The van der Waals surface area contributed by atoms with Crippen molar-refractivity contribution in [3.63, 3.8) is 0 Å². The standard InChI is InChI=1S/C16H27O6Si/c1-10(2)13(17-7)20-16(23,21-14(18-8)11(3)4)22-15(19-9)12(5)6/h1-9H3. The quantitative estimate of drug-likeness (QED) is 0.363. The molecule has 6 nitrogen and oxygen atoms in total. The lowest BCUT2D eigenvalue weighted by Gasteiger charge is -2.33. The van der Waals surface area contributed by atoms with Gasteiger partial charge in [0.1, 0.15) is 0 Å². The van der Waals surface area contributed by atoms with Gasteiger partial charge in [0.2, 0.25) is 10.2 Å². The van der Waals surface area contributed by atoms with Gasteiger partial charge in [-0.15, -0.1) is 0 Å². The van der Waals surface area contributed by atoms with Crippen molar-refractivity contribution in [1.82, 2.24) is 0 Å². The van der Waals surface area contributed by atoms with Crippen LogP contribution in [-0.2, 0) is 28.4 Å². The van der Waals surface area contributed by atoms with Crippen molar-refractivity contribution >= 4 is 10.2 Å². The molecule has 23 heavy (non-hydrogen) atoms. The Kier molecular flexibility index (Phi) is 8.67. The second kappa shape index (κ2) is 9.39. The summed E-state index contributed by atoms with van der Waals surface area (Å²) in [5.74, 6) is 0.732. The lowest BCUT2D eigenvalue weighted by molar-refractivity contribution is -0.317. The van der Waals surface area contributed by atoms with Gasteiger partial charge in [0, 0.05) is 16.7 Å². The molecule has 0 heterocycles. The molecule has 0 fully saturated rings. The molecular formula is C16H27O6Si. The summed E-state index contributed by atoms with van der Waals surface area (Å²) in [6, 6.07) is 0. The van der Waals surface area contributed by atoms with E-state index in [-0.39, 0.29) is 17.8 Å². The zero-order valence-electron chi connectivity index (χ0n) is 15.4. The fraction of sp³-hybridized carbons (Fsp3) is 0.625. The van der Waals surface area contributed by atoms with Gasteiger partial charge in [0.25, 0.3) is 17.8 Å². The molecule has 0 spiro atoms. The van der Waals surface area contributed by atoms with Crippen LogP contribution in [0.3, 0.4) is 0 Å². The summed E-state index contributed by atoms with van der Waals surface area (Å²) in [4.78, 5) is 0. The van der Waals surface area contributed by atoms with Crippen LogP contribution in [0.15, 0.2) is 34.6 Å². The Hall–Kier alpha value is -1.76. The van der Waals surface area contributed by atoms with Gasteiger partial charge in [-0.1, -0.05) is 0 Å². The molecule has 0 atom stereocenters. The van der Waals surface area contributed by atoms with Crippen LogP contribution in [0.5, 0.6) is 0 Å². The van der Waals surface area contributed by atoms with Crippen molar-refractivity contribution in [2.24, 2.45) is 0 Å². The maximum Gasteiger partial charge on any atom is 0.378 e. The van der Waals surface area contributed by atoms with E-state index in [2.05, 4.69) is 10.2 Å². The number of methoxy groups -OCH3 is 3. The fourth-order valence-electron chi connectivity index (χ4n) is 1.47. The van der Waals surface area contributed by atoms with E-state index in [0.717, 1.165) is 16.7 Å². The average molecular weight is 343 g/mol. The molecule has 0 rings (SSSR count). The van der Waals surface area contributed by atoms with Crippen LogP contribution < -0.4 is 0 Å². The van der Waals surface area contributed by atoms with Gasteiger partial charge in [-0.05, 0) is 41.5 Å². The maximum atomic E-state index is 5.71. The molecule has 0 aliphatic carbocycles. The molecule has 0 aromatic rings. The van der Waals surface area contributed by atoms with Crippen molar-refractivity contribution in [2.45, 2.75) is 47.1 Å². The fourth-order valence-corrected chi connectivity index (χ4v) is 1.75. The van der Waals surface area contributed by atoms with Crippen LogP contribution in [-0.4, -0.2) is 37.2 Å². The van der Waals surface area contributed by atoms with Crippen molar-refractivity contribution in [3.8, 4) is 0 Å². The third kappa shape index (κ3) is 6.90. The first-order valence-electron chi connectivity index (χ1n) is 7.06. The lowest BCUT2D eigenvalue weighted by Crippen LogP contribution is -2.40. The first-order chi connectivity index (χ1) is 10.6. The van der Waals surface area contributed by atoms with Gasteiger partial charge in [0.15, 0.2) is 0 Å². The van der Waals surface area contributed by atoms with Crippen LogP contribution >= 0.6 is 0 Å². The predicted octanol–water partition coefficient (Wildman–Crippen LogP) is 3.51. The minimum Gasteiger partial charge on any atom is -0.469 e. The van der Waals surface area contributed by atoms with E-state index < -0.39 is 5.60 Å². The number of hydrogen-bond donors (Lipinski definition) is 0. The number of ether oxygens (including phenoxy) is 6. The van der Waals surface area contributed by atoms with Crippen LogP contribution in [0.2, 0.25) is 0 Å². The number of rotatable bonds is 9. The van der Waals surface area contributed by atoms with Gasteiger partial charge in [-0.2, -0.15) is 0 Å². The van der Waals surface area contributed by atoms with E-state index in [1.54, 1.807) is 0 Å². The second-order valence-corrected chi connectivity index (χ2v) is 5.95. The maximum absolute atomic E-state index is 5.71. The monoisotopic (exact) mass is 343 g/mol. The van der Waals surface area contributed by atoms with Crippen LogP contribution in [0.1, 0.15) is 41.5 Å². The molecule has 0 aromatic heterocycles. The Morgan fingerprint density at radius 2 is 0.783 bits per heavy atom. The van der Waals surface area contributed by atoms with E-state index in [1.165, 1.54) is 21.3 Å². The summed E-state index contributed by atoms with van der Waals surface area (Å²) >= 11 is 0. The summed E-state index contributed by atoms with van der Waals surface area (Å²) in [5, 5.41) is 0. The summed E-state index contributed by atoms with van der Waals surface area (Å²) in [6.45, 7) is 11.0. The largest absolute Gasteiger partial charge is 0.469 e. The molecule has 0 amide bonds. The molecule has 0 aliphatic heterocycles. The smallest absolute Gasteiger partial charge is 0.378 e. The average Bonchev–Trinajstić information content (AvgIpc) is 2.47. The summed E-state index contributed by atoms with van der Waals surface area (Å²) in [6.07, 6.45) is 0. The molecule has 131 valence electrons. The molecule has 0 saturated heterocycles. The third-order valence-electron chi connectivity index (χ3n) is 2.46. The first kappa shape index (κ1) is 21.2. The Balaban J connectivity index is 5.74. The summed E-state index contributed by atoms with van der Waals surface area (Å²) < 4.78 is 32.8. The predicted molar refractivity (Wildman–Crippen MR) is 87.9 cm³/mol. The van der Waals surface area contributed by atoms with Crippen LogP contribution in [0.25, 0.3) is 0 Å². The molecule has 0 bridgehead atoms. The van der Waals surface area contributed by atoms with Gasteiger partial charge in [-0.3, -0.25) is 0 Å². The highest BCUT2D eigenvalue weighted by Crippen LogP contribution is 2.27. The van der Waals surface area contributed by atoms with Crippen molar-refractivity contribution in [2.75, 3.05) is 21.3 Å². The SMILES string of the molecule is COC(OC([Si])(OC(OC)=C(C)C)OC(OC)=C(C)C)=C(C)C. The molecular weight excluding hydrogens is 316 g/mol.